The van der Waals surface area contributed by atoms with E-state index >= 15 is 0 Å². The summed E-state index contributed by atoms with van der Waals surface area (Å²) < 4.78 is 10.3. The smallest absolute Gasteiger partial charge is 0.335 e. The van der Waals surface area contributed by atoms with Gasteiger partial charge in [0, 0.05) is 12.5 Å². The number of hydrogen-bond acceptors (Lipinski definition) is 7. The molecule has 42 heavy (non-hydrogen) atoms. The Morgan fingerprint density at radius 1 is 0.976 bits per heavy atom. The van der Waals surface area contributed by atoms with E-state index < -0.39 is 5.54 Å². The van der Waals surface area contributed by atoms with Crippen molar-refractivity contribution in [1.29, 1.82) is 0 Å². The van der Waals surface area contributed by atoms with Gasteiger partial charge in [-0.15, -0.1) is 0 Å². The van der Waals surface area contributed by atoms with Crippen molar-refractivity contribution in [1.82, 2.24) is 9.80 Å². The number of carbonyl (C=O) groups is 2. The maximum atomic E-state index is 13.5. The molecule has 1 aliphatic carbocycles. The van der Waals surface area contributed by atoms with Gasteiger partial charge in [0.05, 0.1) is 32.6 Å². The molecule has 2 aromatic rings. The Bertz CT molecular complexity index is 1160. The summed E-state index contributed by atoms with van der Waals surface area (Å²) in [5, 5.41) is 0. The van der Waals surface area contributed by atoms with Crippen LogP contribution in [0.2, 0.25) is 0 Å². The second-order valence-electron chi connectivity index (χ2n) is 12.4. The SMILES string of the molecule is COC(=O)CCC1(C(=O)OC)N=CN(C(C)c2ccccc2)C1CC1CCC(C(CCc2ccccc2)N(C)C)CC1. The molecule has 228 valence electrons. The number of ether oxygens (including phenoxy) is 2. The predicted molar refractivity (Wildman–Crippen MR) is 167 cm³/mol. The van der Waals surface area contributed by atoms with Crippen molar-refractivity contribution in [2.24, 2.45) is 16.8 Å². The highest BCUT2D eigenvalue weighted by molar-refractivity contribution is 5.87. The third kappa shape index (κ3) is 7.41. The second-order valence-corrected chi connectivity index (χ2v) is 12.4. The highest BCUT2D eigenvalue weighted by Crippen LogP contribution is 2.43. The largest absolute Gasteiger partial charge is 0.469 e. The standard InChI is InChI=1S/C35H49N3O4/c1-26(29-14-10-7-11-15-29)38-25-36-35(34(40)42-5,23-22-33(39)41-4)32(38)24-28-16-19-30(20-17-28)31(37(2)3)21-18-27-12-8-6-9-13-27/h6-15,25-26,28,30-32H,16-24H2,1-5H3. The lowest BCUT2D eigenvalue weighted by molar-refractivity contribution is -0.150. The average molecular weight is 576 g/mol. The van der Waals surface area contributed by atoms with Crippen LogP contribution in [0.1, 0.15) is 75.5 Å². The average Bonchev–Trinajstić information content (AvgIpc) is 3.39. The number of aryl methyl sites for hydroxylation is 1. The molecule has 0 aromatic heterocycles. The Hall–Kier alpha value is -3.19. The van der Waals surface area contributed by atoms with Crippen LogP contribution in [0.15, 0.2) is 65.7 Å². The van der Waals surface area contributed by atoms with Gasteiger partial charge in [-0.2, -0.15) is 0 Å². The summed E-state index contributed by atoms with van der Waals surface area (Å²) in [5.74, 6) is 0.409. The van der Waals surface area contributed by atoms with Crippen LogP contribution in [0.4, 0.5) is 0 Å². The molecule has 2 aromatic carbocycles. The first kappa shape index (κ1) is 31.7. The number of benzene rings is 2. The van der Waals surface area contributed by atoms with E-state index in [0.717, 1.165) is 32.1 Å². The molecule has 1 saturated carbocycles. The molecule has 4 atom stereocenters. The van der Waals surface area contributed by atoms with Gasteiger partial charge in [-0.3, -0.25) is 9.79 Å². The predicted octanol–water partition coefficient (Wildman–Crippen LogP) is 6.08. The number of rotatable bonds is 13. The molecule has 0 saturated heterocycles. The van der Waals surface area contributed by atoms with Gasteiger partial charge in [-0.1, -0.05) is 73.5 Å². The van der Waals surface area contributed by atoms with Crippen LogP contribution in [0.5, 0.6) is 0 Å². The Morgan fingerprint density at radius 2 is 1.62 bits per heavy atom. The molecular weight excluding hydrogens is 526 g/mol. The molecule has 4 unspecified atom stereocenters. The molecule has 4 rings (SSSR count). The molecule has 1 heterocycles. The fourth-order valence-electron chi connectivity index (χ4n) is 7.27. The molecule has 0 amide bonds. The summed E-state index contributed by atoms with van der Waals surface area (Å²) >= 11 is 0. The fourth-order valence-corrected chi connectivity index (χ4v) is 7.27. The number of nitrogens with zero attached hydrogens (tertiary/aromatic N) is 3. The molecule has 1 fully saturated rings. The number of esters is 2. The maximum absolute atomic E-state index is 13.5. The van der Waals surface area contributed by atoms with E-state index in [4.69, 9.17) is 14.5 Å². The second kappa shape index (κ2) is 14.8. The van der Waals surface area contributed by atoms with Crippen LogP contribution in [0.25, 0.3) is 0 Å². The summed E-state index contributed by atoms with van der Waals surface area (Å²) in [6.45, 7) is 2.16. The lowest BCUT2D eigenvalue weighted by atomic mass is 9.72. The lowest BCUT2D eigenvalue weighted by Gasteiger charge is -2.42. The monoisotopic (exact) mass is 575 g/mol. The first-order valence-corrected chi connectivity index (χ1v) is 15.5. The van der Waals surface area contributed by atoms with Crippen LogP contribution >= 0.6 is 0 Å². The van der Waals surface area contributed by atoms with Crippen LogP contribution in [0, 0.1) is 11.8 Å². The Labute approximate surface area is 252 Å². The van der Waals surface area contributed by atoms with E-state index in [2.05, 4.69) is 73.3 Å². The summed E-state index contributed by atoms with van der Waals surface area (Å²) in [5.41, 5.74) is 1.43. The normalized spacial score (nSPS) is 25.3. The van der Waals surface area contributed by atoms with Crippen LogP contribution in [0.3, 0.4) is 0 Å². The van der Waals surface area contributed by atoms with Crippen molar-refractivity contribution < 1.29 is 19.1 Å². The van der Waals surface area contributed by atoms with Crippen LogP contribution in [-0.4, -0.2) is 74.0 Å². The Balaban J connectivity index is 1.50. The molecule has 0 radical (unpaired) electrons. The minimum absolute atomic E-state index is 0.0251. The molecular formula is C35H49N3O4. The van der Waals surface area contributed by atoms with E-state index in [1.165, 1.54) is 38.2 Å². The van der Waals surface area contributed by atoms with Crippen molar-refractivity contribution in [2.75, 3.05) is 28.3 Å². The van der Waals surface area contributed by atoms with E-state index in [1.807, 2.05) is 24.5 Å². The minimum Gasteiger partial charge on any atom is -0.469 e. The van der Waals surface area contributed by atoms with Crippen LogP contribution in [-0.2, 0) is 25.5 Å². The van der Waals surface area contributed by atoms with Crippen molar-refractivity contribution in [3.63, 3.8) is 0 Å². The zero-order valence-electron chi connectivity index (χ0n) is 26.1. The fraction of sp³-hybridized carbons (Fsp3) is 0.571. The molecule has 0 spiro atoms. The highest BCUT2D eigenvalue weighted by Gasteiger charge is 2.54. The molecule has 7 nitrogen and oxygen atoms in total. The maximum Gasteiger partial charge on any atom is 0.335 e. The number of methoxy groups -OCH3 is 2. The van der Waals surface area contributed by atoms with Crippen LogP contribution < -0.4 is 0 Å². The van der Waals surface area contributed by atoms with Gasteiger partial charge < -0.3 is 19.3 Å². The van der Waals surface area contributed by atoms with Crippen molar-refractivity contribution in [3.05, 3.63) is 71.8 Å². The molecule has 2 aliphatic rings. The molecule has 7 heteroatoms. The summed E-state index contributed by atoms with van der Waals surface area (Å²) in [6, 6.07) is 21.5. The van der Waals surface area contributed by atoms with Gasteiger partial charge >= 0.3 is 11.9 Å². The van der Waals surface area contributed by atoms with E-state index in [0.29, 0.717) is 17.9 Å². The number of carbonyl (C=O) groups excluding carboxylic acids is 2. The quantitative estimate of drug-likeness (QED) is 0.270. The zero-order chi connectivity index (χ0) is 30.1. The van der Waals surface area contributed by atoms with E-state index in [-0.39, 0.29) is 36.9 Å². The number of hydrogen-bond donors (Lipinski definition) is 0. The first-order valence-electron chi connectivity index (χ1n) is 15.5. The van der Waals surface area contributed by atoms with Crippen molar-refractivity contribution >= 4 is 18.3 Å². The topological polar surface area (TPSA) is 71.4 Å². The summed E-state index contributed by atoms with van der Waals surface area (Å²) in [7, 11) is 7.23. The van der Waals surface area contributed by atoms with Gasteiger partial charge in [0.1, 0.15) is 0 Å². The van der Waals surface area contributed by atoms with Crippen molar-refractivity contribution in [3.8, 4) is 0 Å². The third-order valence-corrected chi connectivity index (χ3v) is 9.77. The zero-order valence-corrected chi connectivity index (χ0v) is 26.1. The number of aliphatic imine (C=N–C) groups is 1. The van der Waals surface area contributed by atoms with Gasteiger partial charge in [0.15, 0.2) is 5.54 Å². The summed E-state index contributed by atoms with van der Waals surface area (Å²) in [4.78, 5) is 35.2. The summed E-state index contributed by atoms with van der Waals surface area (Å²) in [6.07, 6.45) is 9.90. The van der Waals surface area contributed by atoms with E-state index in [1.54, 1.807) is 0 Å². The third-order valence-electron chi connectivity index (χ3n) is 9.77. The minimum atomic E-state index is -1.13. The lowest BCUT2D eigenvalue weighted by Crippen LogP contribution is -2.53. The highest BCUT2D eigenvalue weighted by atomic mass is 16.5. The van der Waals surface area contributed by atoms with Gasteiger partial charge in [0.25, 0.3) is 0 Å². The first-order chi connectivity index (χ1) is 20.3. The Morgan fingerprint density at radius 3 is 2.21 bits per heavy atom. The molecule has 0 N–H and O–H groups in total. The van der Waals surface area contributed by atoms with Crippen molar-refractivity contribution in [2.45, 2.75) is 88.4 Å². The Kier molecular flexibility index (Phi) is 11.2. The van der Waals surface area contributed by atoms with Gasteiger partial charge in [-0.05, 0) is 82.5 Å². The van der Waals surface area contributed by atoms with Gasteiger partial charge in [-0.25, -0.2) is 4.79 Å². The van der Waals surface area contributed by atoms with E-state index in [9.17, 15) is 9.59 Å². The molecule has 0 bridgehead atoms. The molecule has 1 aliphatic heterocycles. The van der Waals surface area contributed by atoms with Gasteiger partial charge in [0.2, 0.25) is 0 Å².